The van der Waals surface area contributed by atoms with Gasteiger partial charge in [0.05, 0.1) is 16.9 Å². The number of rotatable bonds is 4. The minimum Gasteiger partial charge on any atom is -0.339 e. The summed E-state index contributed by atoms with van der Waals surface area (Å²) in [5.74, 6) is 0.102. The summed E-state index contributed by atoms with van der Waals surface area (Å²) in [4.78, 5) is 8.82. The molecule has 3 nitrogen and oxygen atoms in total. The Morgan fingerprint density at radius 2 is 1.91 bits per heavy atom. The molecule has 1 aromatic heterocycles. The highest BCUT2D eigenvalue weighted by Gasteiger charge is 2.10. The van der Waals surface area contributed by atoms with Crippen molar-refractivity contribution >= 4 is 39.0 Å². The minimum absolute atomic E-state index is 0.0851. The fourth-order valence-electron chi connectivity index (χ4n) is 2.13. The van der Waals surface area contributed by atoms with E-state index in [-0.39, 0.29) is 5.02 Å². The van der Waals surface area contributed by atoms with Crippen LogP contribution in [-0.2, 0) is 6.42 Å². The average molecular weight is 393 g/mol. The largest absolute Gasteiger partial charge is 0.339 e. The number of nitrogens with one attached hydrogen (secondary N) is 1. The molecule has 0 radical (unpaired) electrons. The van der Waals surface area contributed by atoms with Gasteiger partial charge in [0.2, 0.25) is 0 Å². The van der Waals surface area contributed by atoms with Crippen LogP contribution in [0.1, 0.15) is 11.3 Å². The van der Waals surface area contributed by atoms with E-state index in [0.717, 1.165) is 11.3 Å². The van der Waals surface area contributed by atoms with E-state index in [0.29, 0.717) is 22.5 Å². The van der Waals surface area contributed by atoms with Gasteiger partial charge in [0.1, 0.15) is 10.4 Å². The first-order valence-corrected chi connectivity index (χ1v) is 8.06. The highest BCUT2D eigenvalue weighted by Crippen LogP contribution is 2.24. The van der Waals surface area contributed by atoms with Gasteiger partial charge in [-0.1, -0.05) is 41.9 Å². The van der Waals surface area contributed by atoms with E-state index < -0.39 is 5.82 Å². The van der Waals surface area contributed by atoms with Crippen molar-refractivity contribution in [1.82, 2.24) is 9.97 Å². The van der Waals surface area contributed by atoms with E-state index in [2.05, 4.69) is 31.2 Å². The van der Waals surface area contributed by atoms with Gasteiger partial charge in [-0.3, -0.25) is 0 Å². The van der Waals surface area contributed by atoms with Crippen LogP contribution in [0.4, 0.5) is 15.9 Å². The molecule has 23 heavy (non-hydrogen) atoms. The van der Waals surface area contributed by atoms with Gasteiger partial charge in [0.25, 0.3) is 0 Å². The average Bonchev–Trinajstić information content (AvgIpc) is 2.54. The molecule has 3 rings (SSSR count). The molecule has 0 atom stereocenters. The normalized spacial score (nSPS) is 10.6. The Kier molecular flexibility index (Phi) is 4.88. The van der Waals surface area contributed by atoms with Gasteiger partial charge in [-0.2, -0.15) is 0 Å². The van der Waals surface area contributed by atoms with Crippen LogP contribution in [0.3, 0.4) is 0 Å². The van der Waals surface area contributed by atoms with Crippen LogP contribution < -0.4 is 5.32 Å². The quantitative estimate of drug-likeness (QED) is 0.649. The lowest BCUT2D eigenvalue weighted by Crippen LogP contribution is -2.03. The molecule has 3 aromatic rings. The Bertz CT molecular complexity index is 827. The lowest BCUT2D eigenvalue weighted by molar-refractivity contribution is 0.629. The smallest absolute Gasteiger partial charge is 0.152 e. The molecule has 0 aliphatic heterocycles. The summed E-state index contributed by atoms with van der Waals surface area (Å²) in [5.41, 5.74) is 2.45. The van der Waals surface area contributed by atoms with Gasteiger partial charge in [0, 0.05) is 12.1 Å². The third-order valence-electron chi connectivity index (χ3n) is 3.21. The number of hydrogen-bond acceptors (Lipinski definition) is 3. The lowest BCUT2D eigenvalue weighted by atomic mass is 10.1. The lowest BCUT2D eigenvalue weighted by Gasteiger charge is -2.11. The highest BCUT2D eigenvalue weighted by molar-refractivity contribution is 9.10. The molecule has 116 valence electrons. The zero-order valence-electron chi connectivity index (χ0n) is 11.9. The van der Waals surface area contributed by atoms with Crippen molar-refractivity contribution in [2.24, 2.45) is 0 Å². The monoisotopic (exact) mass is 391 g/mol. The number of hydrogen-bond donors (Lipinski definition) is 1. The van der Waals surface area contributed by atoms with Crippen LogP contribution in [0, 0.1) is 5.82 Å². The van der Waals surface area contributed by atoms with Gasteiger partial charge in [-0.05, 0) is 39.7 Å². The predicted octanol–water partition coefficient (Wildman–Crippen LogP) is 5.37. The molecule has 0 bridgehead atoms. The van der Waals surface area contributed by atoms with E-state index in [1.165, 1.54) is 12.1 Å². The van der Waals surface area contributed by atoms with Gasteiger partial charge in [-0.25, -0.2) is 14.4 Å². The summed E-state index contributed by atoms with van der Waals surface area (Å²) < 4.78 is 14.2. The van der Waals surface area contributed by atoms with Gasteiger partial charge < -0.3 is 5.32 Å². The maximum absolute atomic E-state index is 13.6. The number of halogens is 3. The Hall–Kier alpha value is -1.98. The second-order valence-corrected chi connectivity index (χ2v) is 6.12. The summed E-state index contributed by atoms with van der Waals surface area (Å²) >= 11 is 9.04. The van der Waals surface area contributed by atoms with Gasteiger partial charge in [-0.15, -0.1) is 0 Å². The Morgan fingerprint density at radius 3 is 2.65 bits per heavy atom. The number of nitrogens with zero attached hydrogens (tertiary/aromatic N) is 2. The van der Waals surface area contributed by atoms with Gasteiger partial charge in [0.15, 0.2) is 5.82 Å². The fourth-order valence-corrected chi connectivity index (χ4v) is 2.56. The molecule has 0 unspecified atom stereocenters. The van der Waals surface area contributed by atoms with Crippen molar-refractivity contribution in [3.05, 3.63) is 81.4 Å². The number of aromatic nitrogens is 2. The van der Waals surface area contributed by atoms with Gasteiger partial charge >= 0.3 is 0 Å². The molecular formula is C17H12BrClFN3. The maximum Gasteiger partial charge on any atom is 0.152 e. The standard InChI is InChI=1S/C17H12BrClFN3/c18-16-10-21-17(22-12-6-7-13(19)14(20)9-12)15(23-16)8-11-4-2-1-3-5-11/h1-7,9-10H,8H2,(H,21,22). The topological polar surface area (TPSA) is 37.8 Å². The summed E-state index contributed by atoms with van der Waals surface area (Å²) in [5, 5.41) is 3.18. The molecule has 0 spiro atoms. The summed E-state index contributed by atoms with van der Waals surface area (Å²) in [6, 6.07) is 14.5. The van der Waals surface area contributed by atoms with E-state index in [9.17, 15) is 4.39 Å². The van der Waals surface area contributed by atoms with Crippen molar-refractivity contribution < 1.29 is 4.39 Å². The van der Waals surface area contributed by atoms with E-state index in [1.54, 1.807) is 12.3 Å². The second-order valence-electron chi connectivity index (χ2n) is 4.90. The van der Waals surface area contributed by atoms with Crippen LogP contribution in [-0.4, -0.2) is 9.97 Å². The van der Waals surface area contributed by atoms with E-state index in [1.807, 2.05) is 30.3 Å². The summed E-state index contributed by atoms with van der Waals surface area (Å²) in [6.45, 7) is 0. The Morgan fingerprint density at radius 1 is 1.13 bits per heavy atom. The molecule has 0 saturated carbocycles. The van der Waals surface area contributed by atoms with Crippen LogP contribution >= 0.6 is 27.5 Å². The van der Waals surface area contributed by atoms with Crippen molar-refractivity contribution in [3.63, 3.8) is 0 Å². The zero-order valence-corrected chi connectivity index (χ0v) is 14.3. The molecule has 6 heteroatoms. The molecule has 0 saturated heterocycles. The van der Waals surface area contributed by atoms with E-state index >= 15 is 0 Å². The van der Waals surface area contributed by atoms with Crippen LogP contribution in [0.15, 0.2) is 59.3 Å². The molecule has 1 N–H and O–H groups in total. The van der Waals surface area contributed by atoms with E-state index in [4.69, 9.17) is 11.6 Å². The van der Waals surface area contributed by atoms with Crippen molar-refractivity contribution in [2.75, 3.05) is 5.32 Å². The van der Waals surface area contributed by atoms with Crippen LogP contribution in [0.25, 0.3) is 0 Å². The first-order chi connectivity index (χ1) is 11.1. The molecule has 0 aliphatic carbocycles. The molecule has 1 heterocycles. The third-order valence-corrected chi connectivity index (χ3v) is 3.90. The molecule has 2 aromatic carbocycles. The molecule has 0 aliphatic rings. The Labute approximate surface area is 146 Å². The SMILES string of the molecule is Fc1cc(Nc2ncc(Br)nc2Cc2ccccc2)ccc1Cl. The highest BCUT2D eigenvalue weighted by atomic mass is 79.9. The first kappa shape index (κ1) is 15.9. The van der Waals surface area contributed by atoms with Crippen LogP contribution in [0.2, 0.25) is 5.02 Å². The number of benzene rings is 2. The maximum atomic E-state index is 13.6. The molecular weight excluding hydrogens is 381 g/mol. The van der Waals surface area contributed by atoms with Crippen molar-refractivity contribution in [1.29, 1.82) is 0 Å². The van der Waals surface area contributed by atoms with Crippen LogP contribution in [0.5, 0.6) is 0 Å². The third kappa shape index (κ3) is 4.06. The van der Waals surface area contributed by atoms with Crippen molar-refractivity contribution in [2.45, 2.75) is 6.42 Å². The summed E-state index contributed by atoms with van der Waals surface area (Å²) in [7, 11) is 0. The Balaban J connectivity index is 1.91. The minimum atomic E-state index is -0.480. The summed E-state index contributed by atoms with van der Waals surface area (Å²) in [6.07, 6.45) is 2.22. The fraction of sp³-hybridized carbons (Fsp3) is 0.0588. The zero-order chi connectivity index (χ0) is 16.2. The molecule has 0 fully saturated rings. The molecule has 0 amide bonds. The second kappa shape index (κ2) is 7.06. The predicted molar refractivity (Wildman–Crippen MR) is 93.7 cm³/mol. The van der Waals surface area contributed by atoms with Crippen molar-refractivity contribution in [3.8, 4) is 0 Å². The first-order valence-electron chi connectivity index (χ1n) is 6.89. The number of anilines is 2.